The molecule has 0 aliphatic heterocycles. The lowest BCUT2D eigenvalue weighted by Gasteiger charge is -2.22. The van der Waals surface area contributed by atoms with Gasteiger partial charge in [-0.1, -0.05) is 81.1 Å². The highest BCUT2D eigenvalue weighted by Crippen LogP contribution is 2.33. The normalized spacial score (nSPS) is 11.5. The van der Waals surface area contributed by atoms with Crippen LogP contribution in [0.5, 0.6) is 5.75 Å². The molecule has 0 unspecified atom stereocenters. The Kier molecular flexibility index (Phi) is 9.20. The van der Waals surface area contributed by atoms with Crippen molar-refractivity contribution in [2.75, 3.05) is 22.4 Å². The van der Waals surface area contributed by atoms with Crippen LogP contribution >= 0.6 is 11.8 Å². The topological polar surface area (TPSA) is 92.8 Å². The number of nitrogens with one attached hydrogen (secondary N) is 1. The van der Waals surface area contributed by atoms with Crippen LogP contribution in [0.25, 0.3) is 0 Å². The van der Waals surface area contributed by atoms with E-state index in [4.69, 9.17) is 4.74 Å². The van der Waals surface area contributed by atoms with Crippen LogP contribution in [0.2, 0.25) is 0 Å². The molecule has 0 atom stereocenters. The molecule has 1 N–H and O–H groups in total. The summed E-state index contributed by atoms with van der Waals surface area (Å²) in [6, 6.07) is 30.3. The van der Waals surface area contributed by atoms with Crippen LogP contribution < -0.4 is 14.4 Å². The van der Waals surface area contributed by atoms with Crippen molar-refractivity contribution < 1.29 is 22.7 Å². The molecule has 0 aliphatic carbocycles. The minimum atomic E-state index is -3.87. The van der Waals surface area contributed by atoms with E-state index in [-0.39, 0.29) is 16.7 Å². The zero-order chi connectivity index (χ0) is 29.6. The summed E-state index contributed by atoms with van der Waals surface area (Å²) in [5.74, 6) is -0.789. The quantitative estimate of drug-likeness (QED) is 0.172. The molecule has 212 valence electrons. The van der Waals surface area contributed by atoms with Crippen molar-refractivity contribution >= 4 is 45.0 Å². The number of carbonyl (C=O) groups is 2. The highest BCUT2D eigenvalue weighted by Gasteiger charge is 2.23. The third-order valence-corrected chi connectivity index (χ3v) is 8.34. The zero-order valence-corrected chi connectivity index (χ0v) is 25.0. The summed E-state index contributed by atoms with van der Waals surface area (Å²) in [5, 5.41) is 2.83. The number of benzene rings is 4. The first-order valence-electron chi connectivity index (χ1n) is 12.9. The summed E-state index contributed by atoms with van der Waals surface area (Å²) >= 11 is 1.49. The van der Waals surface area contributed by atoms with Gasteiger partial charge in [-0.3, -0.25) is 9.10 Å². The average Bonchev–Trinajstić information content (AvgIpc) is 2.92. The van der Waals surface area contributed by atoms with Crippen molar-refractivity contribution in [1.82, 2.24) is 0 Å². The van der Waals surface area contributed by atoms with Crippen LogP contribution in [0, 0.1) is 0 Å². The maximum Gasteiger partial charge on any atom is 0.343 e. The Morgan fingerprint density at radius 1 is 0.854 bits per heavy atom. The van der Waals surface area contributed by atoms with Crippen LogP contribution in [0.4, 0.5) is 11.4 Å². The van der Waals surface area contributed by atoms with Gasteiger partial charge in [-0.05, 0) is 65.6 Å². The summed E-state index contributed by atoms with van der Waals surface area (Å²) in [4.78, 5) is 27.8. The number of sulfonamides is 1. The molecule has 0 saturated carbocycles. The Balaban J connectivity index is 1.50. The number of rotatable bonds is 9. The van der Waals surface area contributed by atoms with E-state index in [9.17, 15) is 18.0 Å². The van der Waals surface area contributed by atoms with Crippen LogP contribution in [0.15, 0.2) is 113 Å². The molecule has 0 aliphatic rings. The summed E-state index contributed by atoms with van der Waals surface area (Å²) in [6.45, 7) is 5.80. The maximum atomic E-state index is 13.1. The molecule has 0 spiro atoms. The van der Waals surface area contributed by atoms with E-state index < -0.39 is 28.4 Å². The molecule has 0 fully saturated rings. The first kappa shape index (κ1) is 29.9. The Morgan fingerprint density at radius 2 is 1.51 bits per heavy atom. The molecule has 0 heterocycles. The number of para-hydroxylation sites is 1. The van der Waals surface area contributed by atoms with Gasteiger partial charge in [-0.25, -0.2) is 13.2 Å². The first-order chi connectivity index (χ1) is 19.4. The second kappa shape index (κ2) is 12.6. The molecule has 1 amide bonds. The van der Waals surface area contributed by atoms with Crippen molar-refractivity contribution in [3.8, 4) is 5.75 Å². The molecule has 0 bridgehead atoms. The van der Waals surface area contributed by atoms with Gasteiger partial charge in [0, 0.05) is 9.79 Å². The molecule has 41 heavy (non-hydrogen) atoms. The van der Waals surface area contributed by atoms with E-state index in [1.807, 2.05) is 54.6 Å². The molecule has 7 nitrogen and oxygen atoms in total. The average molecular weight is 589 g/mol. The van der Waals surface area contributed by atoms with E-state index >= 15 is 0 Å². The standard InChI is InChI=1S/C32H32N2O5S2/c1-32(2,3)24-17-19-26(20-18-24)39-31(36)23-11-10-12-25(21-23)34(41(4,37)38)22-30(35)33-28-15-8-9-16-29(28)40-27-13-6-5-7-14-27/h5-21H,22H2,1-4H3,(H,33,35). The van der Waals surface area contributed by atoms with Crippen LogP contribution in [0.1, 0.15) is 36.7 Å². The molecule has 0 aromatic heterocycles. The van der Waals surface area contributed by atoms with Gasteiger partial charge in [0.1, 0.15) is 12.3 Å². The molecular formula is C32H32N2O5S2. The van der Waals surface area contributed by atoms with E-state index in [1.54, 1.807) is 30.3 Å². The lowest BCUT2D eigenvalue weighted by molar-refractivity contribution is -0.114. The molecular weight excluding hydrogens is 556 g/mol. The van der Waals surface area contributed by atoms with Crippen LogP contribution in [0.3, 0.4) is 0 Å². The fraction of sp³-hybridized carbons (Fsp3) is 0.188. The molecule has 4 aromatic rings. The second-order valence-corrected chi connectivity index (χ2v) is 13.5. The van der Waals surface area contributed by atoms with Gasteiger partial charge in [0.15, 0.2) is 0 Å². The van der Waals surface area contributed by atoms with Crippen molar-refractivity contribution in [2.45, 2.75) is 36.0 Å². The van der Waals surface area contributed by atoms with Crippen LogP contribution in [-0.2, 0) is 20.2 Å². The number of nitrogens with zero attached hydrogens (tertiary/aromatic N) is 1. The smallest absolute Gasteiger partial charge is 0.343 e. The summed E-state index contributed by atoms with van der Waals surface area (Å²) in [6.07, 6.45) is 1.02. The number of ether oxygens (including phenoxy) is 1. The number of anilines is 2. The van der Waals surface area contributed by atoms with Gasteiger partial charge >= 0.3 is 5.97 Å². The van der Waals surface area contributed by atoms with Gasteiger partial charge < -0.3 is 10.1 Å². The fourth-order valence-electron chi connectivity index (χ4n) is 3.97. The number of hydrogen-bond donors (Lipinski definition) is 1. The van der Waals surface area contributed by atoms with Crippen molar-refractivity contribution in [3.63, 3.8) is 0 Å². The van der Waals surface area contributed by atoms with E-state index in [0.717, 1.165) is 25.9 Å². The second-order valence-electron chi connectivity index (χ2n) is 10.4. The highest BCUT2D eigenvalue weighted by atomic mass is 32.2. The van der Waals surface area contributed by atoms with Gasteiger partial charge in [0.25, 0.3) is 0 Å². The first-order valence-corrected chi connectivity index (χ1v) is 15.6. The number of hydrogen-bond acceptors (Lipinski definition) is 6. The van der Waals surface area contributed by atoms with Crippen molar-refractivity contribution in [3.05, 3.63) is 114 Å². The minimum Gasteiger partial charge on any atom is -0.423 e. The summed E-state index contributed by atoms with van der Waals surface area (Å²) < 4.78 is 32.0. The number of esters is 1. The monoisotopic (exact) mass is 588 g/mol. The molecule has 0 radical (unpaired) electrons. The SMILES string of the molecule is CC(C)(C)c1ccc(OC(=O)c2cccc(N(CC(=O)Nc3ccccc3Sc3ccccc3)S(C)(=O)=O)c2)cc1. The maximum absolute atomic E-state index is 13.1. The van der Waals surface area contributed by atoms with Crippen molar-refractivity contribution in [2.24, 2.45) is 0 Å². The lowest BCUT2D eigenvalue weighted by Crippen LogP contribution is -2.37. The van der Waals surface area contributed by atoms with Crippen molar-refractivity contribution in [1.29, 1.82) is 0 Å². The van der Waals surface area contributed by atoms with E-state index in [1.165, 1.54) is 30.0 Å². The molecule has 0 saturated heterocycles. The Hall–Kier alpha value is -4.08. The zero-order valence-electron chi connectivity index (χ0n) is 23.3. The fourth-order valence-corrected chi connectivity index (χ4v) is 5.74. The Morgan fingerprint density at radius 3 is 2.17 bits per heavy atom. The highest BCUT2D eigenvalue weighted by molar-refractivity contribution is 7.99. The van der Waals surface area contributed by atoms with Gasteiger partial charge in [-0.15, -0.1) is 0 Å². The third-order valence-electron chi connectivity index (χ3n) is 6.12. The van der Waals surface area contributed by atoms with Gasteiger partial charge in [-0.2, -0.15) is 0 Å². The molecule has 4 rings (SSSR count). The summed E-state index contributed by atoms with van der Waals surface area (Å²) in [7, 11) is -3.87. The predicted molar refractivity (Wildman–Crippen MR) is 164 cm³/mol. The van der Waals surface area contributed by atoms with Gasteiger partial charge in [0.05, 0.1) is 23.2 Å². The molecule has 9 heteroatoms. The number of carbonyl (C=O) groups excluding carboxylic acids is 2. The third kappa shape index (κ3) is 8.22. The van der Waals surface area contributed by atoms with E-state index in [2.05, 4.69) is 26.1 Å². The Labute approximate surface area is 245 Å². The largest absolute Gasteiger partial charge is 0.423 e. The molecule has 4 aromatic carbocycles. The predicted octanol–water partition coefficient (Wildman–Crippen LogP) is 6.76. The summed E-state index contributed by atoms with van der Waals surface area (Å²) in [5.41, 5.74) is 1.95. The lowest BCUT2D eigenvalue weighted by atomic mass is 9.87. The van der Waals surface area contributed by atoms with Gasteiger partial charge in [0.2, 0.25) is 15.9 Å². The Bertz CT molecular complexity index is 1630. The van der Waals surface area contributed by atoms with E-state index in [0.29, 0.717) is 11.4 Å². The van der Waals surface area contributed by atoms with Crippen LogP contribution in [-0.4, -0.2) is 33.1 Å². The number of amides is 1. The minimum absolute atomic E-state index is 0.0406.